The van der Waals surface area contributed by atoms with Gasteiger partial charge in [0.2, 0.25) is 0 Å². The zero-order chi connectivity index (χ0) is 26.9. The lowest BCUT2D eigenvalue weighted by atomic mass is 10.2. The van der Waals surface area contributed by atoms with E-state index in [-0.39, 0.29) is 40.3 Å². The number of anilines is 2. The van der Waals surface area contributed by atoms with E-state index in [1.165, 1.54) is 36.5 Å². The highest BCUT2D eigenvalue weighted by Gasteiger charge is 2.27. The van der Waals surface area contributed by atoms with Crippen molar-refractivity contribution in [1.82, 2.24) is 4.98 Å². The third kappa shape index (κ3) is 6.82. The molecule has 0 aliphatic rings. The van der Waals surface area contributed by atoms with Crippen LogP contribution in [0.2, 0.25) is 0 Å². The Morgan fingerprint density at radius 3 is 2.29 bits per heavy atom. The first kappa shape index (κ1) is 25.6. The molecule has 0 radical (unpaired) electrons. The molecular formula is C27H20FN3O7. The summed E-state index contributed by atoms with van der Waals surface area (Å²) in [6, 6.07) is 23.1. The highest BCUT2D eigenvalue weighted by molar-refractivity contribution is 6.08. The third-order valence-corrected chi connectivity index (χ3v) is 4.89. The number of para-hydroxylation sites is 1. The summed E-state index contributed by atoms with van der Waals surface area (Å²) >= 11 is 0. The number of hydrogen-bond donors (Lipinski definition) is 2. The minimum absolute atomic E-state index is 0.00404. The maximum atomic E-state index is 14.7. The summed E-state index contributed by atoms with van der Waals surface area (Å²) < 4.78 is 30.4. The Balaban J connectivity index is 1.41. The van der Waals surface area contributed by atoms with Gasteiger partial charge in [-0.15, -0.1) is 0 Å². The monoisotopic (exact) mass is 517 g/mol. The van der Waals surface area contributed by atoms with Crippen molar-refractivity contribution in [3.8, 4) is 17.2 Å². The van der Waals surface area contributed by atoms with Crippen LogP contribution in [0.1, 0.15) is 5.56 Å². The Morgan fingerprint density at radius 1 is 0.895 bits per heavy atom. The first-order valence-corrected chi connectivity index (χ1v) is 11.1. The second-order valence-corrected chi connectivity index (χ2v) is 7.58. The van der Waals surface area contributed by atoms with Crippen LogP contribution in [0.15, 0.2) is 97.2 Å². The average Bonchev–Trinajstić information content (AvgIpc) is 2.90. The fraction of sp³-hybridized carbons (Fsp3) is 0.0370. The van der Waals surface area contributed by atoms with E-state index in [0.29, 0.717) is 0 Å². The van der Waals surface area contributed by atoms with Crippen LogP contribution < -0.4 is 19.7 Å². The number of nitrogens with zero attached hydrogens (tertiary/aromatic N) is 2. The number of ether oxygens (including phenoxy) is 3. The summed E-state index contributed by atoms with van der Waals surface area (Å²) in [7, 11) is 0. The Labute approximate surface area is 215 Å². The van der Waals surface area contributed by atoms with Crippen LogP contribution in [-0.4, -0.2) is 28.4 Å². The van der Waals surface area contributed by atoms with Gasteiger partial charge in [0.25, 0.3) is 0 Å². The molecule has 3 amide bonds. The Bertz CT molecular complexity index is 1440. The van der Waals surface area contributed by atoms with Crippen LogP contribution in [0.3, 0.4) is 0 Å². The second kappa shape index (κ2) is 12.0. The van der Waals surface area contributed by atoms with Crippen LogP contribution in [-0.2, 0) is 11.3 Å². The smallest absolute Gasteiger partial charge is 0.430 e. The van der Waals surface area contributed by atoms with E-state index in [9.17, 15) is 23.9 Å². The topological polar surface area (TPSA) is 127 Å². The molecule has 3 aromatic carbocycles. The normalized spacial score (nSPS) is 10.2. The summed E-state index contributed by atoms with van der Waals surface area (Å²) in [5, 5.41) is 12.0. The minimum Gasteiger partial charge on any atom is -0.464 e. The lowest BCUT2D eigenvalue weighted by Crippen LogP contribution is -2.38. The molecule has 0 unspecified atom stereocenters. The van der Waals surface area contributed by atoms with Crippen LogP contribution in [0, 0.1) is 5.82 Å². The summed E-state index contributed by atoms with van der Waals surface area (Å²) in [5.74, 6) is -1.23. The van der Waals surface area contributed by atoms with E-state index < -0.39 is 24.1 Å². The van der Waals surface area contributed by atoms with Crippen molar-refractivity contribution >= 4 is 29.8 Å². The number of halogens is 1. The number of hydrogen-bond acceptors (Lipinski definition) is 7. The maximum absolute atomic E-state index is 14.7. The molecular weight excluding hydrogens is 497 g/mol. The zero-order valence-corrected chi connectivity index (χ0v) is 19.6. The van der Waals surface area contributed by atoms with Crippen molar-refractivity contribution in [2.24, 2.45) is 0 Å². The van der Waals surface area contributed by atoms with Gasteiger partial charge < -0.3 is 19.3 Å². The SMILES string of the molecule is O=C(Nc1ccc(Oc2ccnc(N(C(=O)O)C(=O)Oc3ccccc3)c2)c(F)c1)OCc1ccccc1. The molecule has 0 bridgehead atoms. The molecule has 10 nitrogen and oxygen atoms in total. The van der Waals surface area contributed by atoms with E-state index in [1.54, 1.807) is 30.3 Å². The third-order valence-electron chi connectivity index (χ3n) is 4.89. The largest absolute Gasteiger partial charge is 0.464 e. The van der Waals surface area contributed by atoms with E-state index in [4.69, 9.17) is 14.2 Å². The summed E-state index contributed by atoms with van der Waals surface area (Å²) in [4.78, 5) is 40.4. The van der Waals surface area contributed by atoms with Crippen molar-refractivity contribution in [3.63, 3.8) is 0 Å². The van der Waals surface area contributed by atoms with Gasteiger partial charge in [0.1, 0.15) is 18.1 Å². The summed E-state index contributed by atoms with van der Waals surface area (Å²) in [6.45, 7) is 0.0486. The van der Waals surface area contributed by atoms with Gasteiger partial charge in [-0.1, -0.05) is 48.5 Å². The Morgan fingerprint density at radius 2 is 1.61 bits per heavy atom. The number of carbonyl (C=O) groups excluding carboxylic acids is 2. The van der Waals surface area contributed by atoms with Gasteiger partial charge in [-0.2, -0.15) is 4.90 Å². The van der Waals surface area contributed by atoms with Gasteiger partial charge in [-0.05, 0) is 35.9 Å². The maximum Gasteiger partial charge on any atom is 0.430 e. The number of imide groups is 1. The molecule has 1 heterocycles. The van der Waals surface area contributed by atoms with E-state index in [1.807, 2.05) is 18.2 Å². The first-order chi connectivity index (χ1) is 18.4. The Kier molecular flexibility index (Phi) is 8.09. The fourth-order valence-corrected chi connectivity index (χ4v) is 3.16. The molecule has 4 rings (SSSR count). The second-order valence-electron chi connectivity index (χ2n) is 7.58. The van der Waals surface area contributed by atoms with Crippen LogP contribution >= 0.6 is 0 Å². The number of pyridine rings is 1. The predicted octanol–water partition coefficient (Wildman–Crippen LogP) is 6.45. The average molecular weight is 517 g/mol. The van der Waals surface area contributed by atoms with Gasteiger partial charge in [0.15, 0.2) is 17.4 Å². The van der Waals surface area contributed by atoms with Gasteiger partial charge >= 0.3 is 18.3 Å². The molecule has 0 fully saturated rings. The van der Waals surface area contributed by atoms with Gasteiger partial charge in [-0.25, -0.2) is 23.8 Å². The molecule has 0 atom stereocenters. The summed E-state index contributed by atoms with van der Waals surface area (Å²) in [6.07, 6.45) is -2.44. The molecule has 0 aliphatic carbocycles. The number of benzene rings is 3. The van der Waals surface area contributed by atoms with Crippen molar-refractivity contribution in [2.75, 3.05) is 10.2 Å². The molecule has 1 aromatic heterocycles. The zero-order valence-electron chi connectivity index (χ0n) is 19.6. The van der Waals surface area contributed by atoms with Gasteiger partial charge in [-0.3, -0.25) is 5.32 Å². The number of carbonyl (C=O) groups is 3. The van der Waals surface area contributed by atoms with Crippen molar-refractivity contribution < 1.29 is 38.1 Å². The minimum atomic E-state index is -1.64. The fourth-order valence-electron chi connectivity index (χ4n) is 3.16. The summed E-state index contributed by atoms with van der Waals surface area (Å²) in [5.41, 5.74) is 0.924. The molecule has 38 heavy (non-hydrogen) atoms. The van der Waals surface area contributed by atoms with E-state index >= 15 is 0 Å². The van der Waals surface area contributed by atoms with Crippen LogP contribution in [0.5, 0.6) is 17.2 Å². The van der Waals surface area contributed by atoms with E-state index in [2.05, 4.69) is 10.3 Å². The quantitative estimate of drug-likeness (QED) is 0.286. The lowest BCUT2D eigenvalue weighted by Gasteiger charge is -2.17. The van der Waals surface area contributed by atoms with E-state index in [0.717, 1.165) is 17.7 Å². The van der Waals surface area contributed by atoms with Crippen molar-refractivity contribution in [3.05, 3.63) is 109 Å². The number of amides is 3. The number of nitrogens with one attached hydrogen (secondary N) is 1. The highest BCUT2D eigenvalue weighted by Crippen LogP contribution is 2.29. The van der Waals surface area contributed by atoms with Crippen LogP contribution in [0.4, 0.5) is 30.3 Å². The number of carboxylic acid groups (broad SMARTS) is 1. The molecule has 192 valence electrons. The highest BCUT2D eigenvalue weighted by atomic mass is 19.1. The molecule has 2 N–H and O–H groups in total. The molecule has 4 aromatic rings. The van der Waals surface area contributed by atoms with Crippen LogP contribution in [0.25, 0.3) is 0 Å². The molecule has 0 aliphatic heterocycles. The predicted molar refractivity (Wildman–Crippen MR) is 134 cm³/mol. The molecule has 0 saturated heterocycles. The molecule has 0 saturated carbocycles. The molecule has 0 spiro atoms. The standard InChI is InChI=1S/C27H20FN3O7/c28-22-15-19(30-25(32)36-17-18-7-3-1-4-8-18)11-12-23(22)37-21-13-14-29-24(16-21)31(26(33)34)27(35)38-20-9-5-2-6-10-20/h1-16H,17H2,(H,30,32)(H,33,34). The van der Waals surface area contributed by atoms with Crippen molar-refractivity contribution in [1.29, 1.82) is 0 Å². The van der Waals surface area contributed by atoms with Gasteiger partial charge in [0, 0.05) is 24.0 Å². The first-order valence-electron chi connectivity index (χ1n) is 11.1. The Hall–Kier alpha value is -5.45. The number of aromatic nitrogens is 1. The lowest BCUT2D eigenvalue weighted by molar-refractivity contribution is 0.155. The van der Waals surface area contributed by atoms with Crippen molar-refractivity contribution in [2.45, 2.75) is 6.61 Å². The molecule has 11 heteroatoms. The number of rotatable bonds is 7. The van der Waals surface area contributed by atoms with Gasteiger partial charge in [0.05, 0.1) is 0 Å².